The first-order chi connectivity index (χ1) is 7.79. The van der Waals surface area contributed by atoms with Gasteiger partial charge in [-0.25, -0.2) is 4.98 Å². The lowest BCUT2D eigenvalue weighted by atomic mass is 10.3. The number of nitrogens with zero attached hydrogens (tertiary/aromatic N) is 2. The normalized spacial score (nSPS) is 9.81. The van der Waals surface area contributed by atoms with Gasteiger partial charge in [-0.05, 0) is 12.1 Å². The molecule has 16 heavy (non-hydrogen) atoms. The van der Waals surface area contributed by atoms with Crippen molar-refractivity contribution >= 4 is 0 Å². The fraction of sp³-hybridized carbons (Fsp3) is 0.0909. The molecule has 0 amide bonds. The van der Waals surface area contributed by atoms with Crippen LogP contribution in [0.1, 0.15) is 0 Å². The molecule has 2 rings (SSSR count). The molecule has 0 atom stereocenters. The molecule has 0 bridgehead atoms. The lowest BCUT2D eigenvalue weighted by Gasteiger charge is -2.06. The van der Waals surface area contributed by atoms with Crippen LogP contribution in [-0.4, -0.2) is 22.2 Å². The Labute approximate surface area is 92.3 Å². The molecule has 82 valence electrons. The molecule has 2 aromatic rings. The van der Waals surface area contributed by atoms with Crippen molar-refractivity contribution in [2.24, 2.45) is 0 Å². The highest BCUT2D eigenvalue weighted by Crippen LogP contribution is 2.27. The second kappa shape index (κ2) is 4.48. The van der Waals surface area contributed by atoms with Gasteiger partial charge in [-0.1, -0.05) is 18.2 Å². The number of methoxy groups -OCH3 is 1. The van der Waals surface area contributed by atoms with E-state index in [2.05, 4.69) is 9.97 Å². The molecule has 5 nitrogen and oxygen atoms in total. The van der Waals surface area contributed by atoms with Crippen molar-refractivity contribution in [2.75, 3.05) is 7.11 Å². The van der Waals surface area contributed by atoms with E-state index in [0.717, 1.165) is 0 Å². The second-order valence-corrected chi connectivity index (χ2v) is 2.96. The van der Waals surface area contributed by atoms with Gasteiger partial charge in [-0.3, -0.25) is 0 Å². The molecule has 0 fully saturated rings. The van der Waals surface area contributed by atoms with Crippen LogP contribution in [-0.2, 0) is 0 Å². The Kier molecular flexibility index (Phi) is 2.86. The van der Waals surface area contributed by atoms with Crippen LogP contribution in [0.15, 0.2) is 36.5 Å². The van der Waals surface area contributed by atoms with Gasteiger partial charge in [-0.2, -0.15) is 4.98 Å². The van der Waals surface area contributed by atoms with Gasteiger partial charge in [0.25, 0.3) is 11.8 Å². The first-order valence-electron chi connectivity index (χ1n) is 4.62. The SMILES string of the molecule is COc1cnc(Oc2ccccc2)c(O)n1. The molecule has 1 aromatic heterocycles. The summed E-state index contributed by atoms with van der Waals surface area (Å²) in [6, 6.07) is 9.02. The second-order valence-electron chi connectivity index (χ2n) is 2.96. The van der Waals surface area contributed by atoms with E-state index in [0.29, 0.717) is 5.75 Å². The Morgan fingerprint density at radius 2 is 1.94 bits per heavy atom. The predicted molar refractivity (Wildman–Crippen MR) is 56.8 cm³/mol. The van der Waals surface area contributed by atoms with Crippen molar-refractivity contribution in [3.05, 3.63) is 36.5 Å². The highest BCUT2D eigenvalue weighted by atomic mass is 16.5. The molecule has 0 unspecified atom stereocenters. The number of rotatable bonds is 3. The van der Waals surface area contributed by atoms with Crippen LogP contribution >= 0.6 is 0 Å². The highest BCUT2D eigenvalue weighted by molar-refractivity contribution is 5.32. The van der Waals surface area contributed by atoms with Crippen molar-refractivity contribution in [3.8, 4) is 23.4 Å². The van der Waals surface area contributed by atoms with Crippen LogP contribution in [0.4, 0.5) is 0 Å². The van der Waals surface area contributed by atoms with E-state index in [1.807, 2.05) is 18.2 Å². The van der Waals surface area contributed by atoms with Crippen LogP contribution in [0.5, 0.6) is 23.4 Å². The minimum Gasteiger partial charge on any atom is -0.489 e. The summed E-state index contributed by atoms with van der Waals surface area (Å²) in [6.07, 6.45) is 1.37. The average molecular weight is 218 g/mol. The fourth-order valence-corrected chi connectivity index (χ4v) is 1.12. The first-order valence-corrected chi connectivity index (χ1v) is 4.62. The molecule has 0 saturated heterocycles. The predicted octanol–water partition coefficient (Wildman–Crippen LogP) is 1.98. The summed E-state index contributed by atoms with van der Waals surface area (Å²) in [7, 11) is 1.45. The molecule has 0 aliphatic carbocycles. The third kappa shape index (κ3) is 2.20. The Bertz CT molecular complexity index is 474. The number of para-hydroxylation sites is 1. The third-order valence-electron chi connectivity index (χ3n) is 1.87. The van der Waals surface area contributed by atoms with Gasteiger partial charge in [0.1, 0.15) is 5.75 Å². The fourth-order valence-electron chi connectivity index (χ4n) is 1.12. The summed E-state index contributed by atoms with van der Waals surface area (Å²) in [4.78, 5) is 7.62. The van der Waals surface area contributed by atoms with E-state index >= 15 is 0 Å². The molecular weight excluding hydrogens is 208 g/mol. The number of hydrogen-bond donors (Lipinski definition) is 1. The number of hydrogen-bond acceptors (Lipinski definition) is 5. The molecule has 0 aliphatic rings. The minimum absolute atomic E-state index is 0.0481. The van der Waals surface area contributed by atoms with Crippen LogP contribution in [0, 0.1) is 0 Å². The molecule has 1 heterocycles. The lowest BCUT2D eigenvalue weighted by Crippen LogP contribution is -1.93. The standard InChI is InChI=1S/C11H10N2O3/c1-15-9-7-12-11(10(14)13-9)16-8-5-3-2-4-6-8/h2-7H,1H3,(H,13,14). The topological polar surface area (TPSA) is 64.5 Å². The van der Waals surface area contributed by atoms with Gasteiger partial charge in [0, 0.05) is 0 Å². The number of aromatic nitrogens is 2. The van der Waals surface area contributed by atoms with Crippen LogP contribution in [0.3, 0.4) is 0 Å². The van der Waals surface area contributed by atoms with Crippen LogP contribution < -0.4 is 9.47 Å². The van der Waals surface area contributed by atoms with E-state index in [1.54, 1.807) is 12.1 Å². The Balaban J connectivity index is 2.22. The molecule has 1 N–H and O–H groups in total. The van der Waals surface area contributed by atoms with Crippen molar-refractivity contribution < 1.29 is 14.6 Å². The van der Waals surface area contributed by atoms with Gasteiger partial charge in [-0.15, -0.1) is 0 Å². The van der Waals surface area contributed by atoms with Crippen molar-refractivity contribution in [3.63, 3.8) is 0 Å². The van der Waals surface area contributed by atoms with Crippen molar-refractivity contribution in [2.45, 2.75) is 0 Å². The zero-order valence-electron chi connectivity index (χ0n) is 8.62. The summed E-state index contributed by atoms with van der Waals surface area (Å²) in [5.74, 6) is 0.561. The Morgan fingerprint density at radius 3 is 2.56 bits per heavy atom. The average Bonchev–Trinajstić information content (AvgIpc) is 2.33. The van der Waals surface area contributed by atoms with Gasteiger partial charge in [0.15, 0.2) is 0 Å². The molecule has 0 saturated carbocycles. The third-order valence-corrected chi connectivity index (χ3v) is 1.87. The van der Waals surface area contributed by atoms with E-state index in [4.69, 9.17) is 9.47 Å². The minimum atomic E-state index is -0.303. The van der Waals surface area contributed by atoms with E-state index in [9.17, 15) is 5.11 Å². The Hall–Kier alpha value is -2.30. The summed E-state index contributed by atoms with van der Waals surface area (Å²) < 4.78 is 10.1. The number of ether oxygens (including phenoxy) is 2. The van der Waals surface area contributed by atoms with E-state index in [-0.39, 0.29) is 17.6 Å². The smallest absolute Gasteiger partial charge is 0.283 e. The quantitative estimate of drug-likeness (QED) is 0.853. The molecule has 5 heteroatoms. The molecule has 0 radical (unpaired) electrons. The van der Waals surface area contributed by atoms with Crippen LogP contribution in [0.2, 0.25) is 0 Å². The molecular formula is C11H10N2O3. The van der Waals surface area contributed by atoms with Gasteiger partial charge in [0.05, 0.1) is 13.3 Å². The molecule has 0 spiro atoms. The number of benzene rings is 1. The van der Waals surface area contributed by atoms with E-state index < -0.39 is 0 Å². The zero-order chi connectivity index (χ0) is 11.4. The van der Waals surface area contributed by atoms with Gasteiger partial charge < -0.3 is 14.6 Å². The van der Waals surface area contributed by atoms with Crippen LogP contribution in [0.25, 0.3) is 0 Å². The first kappa shape index (κ1) is 10.2. The highest BCUT2D eigenvalue weighted by Gasteiger charge is 2.08. The van der Waals surface area contributed by atoms with Crippen molar-refractivity contribution in [1.29, 1.82) is 0 Å². The molecule has 1 aromatic carbocycles. The monoisotopic (exact) mass is 218 g/mol. The lowest BCUT2D eigenvalue weighted by molar-refractivity contribution is 0.351. The summed E-state index contributed by atoms with van der Waals surface area (Å²) in [5, 5.41) is 9.51. The summed E-state index contributed by atoms with van der Waals surface area (Å²) in [5.41, 5.74) is 0. The van der Waals surface area contributed by atoms with Gasteiger partial charge in [0.2, 0.25) is 5.88 Å². The van der Waals surface area contributed by atoms with Gasteiger partial charge >= 0.3 is 0 Å². The maximum absolute atomic E-state index is 9.51. The van der Waals surface area contributed by atoms with Crippen molar-refractivity contribution in [1.82, 2.24) is 9.97 Å². The van der Waals surface area contributed by atoms with E-state index in [1.165, 1.54) is 13.3 Å². The zero-order valence-corrected chi connectivity index (χ0v) is 8.62. The summed E-state index contributed by atoms with van der Waals surface area (Å²) >= 11 is 0. The Morgan fingerprint density at radius 1 is 1.19 bits per heavy atom. The maximum Gasteiger partial charge on any atom is 0.283 e. The number of aromatic hydroxyl groups is 1. The summed E-state index contributed by atoms with van der Waals surface area (Å²) in [6.45, 7) is 0. The molecule has 0 aliphatic heterocycles. The largest absolute Gasteiger partial charge is 0.489 e. The maximum atomic E-state index is 9.51.